The van der Waals surface area contributed by atoms with Crippen LogP contribution in [0.5, 0.6) is 0 Å². The summed E-state index contributed by atoms with van der Waals surface area (Å²) in [5.74, 6) is 0.0961. The van der Waals surface area contributed by atoms with Crippen LogP contribution in [0.4, 0.5) is 0 Å². The van der Waals surface area contributed by atoms with Gasteiger partial charge in [-0.3, -0.25) is 4.79 Å². The second-order valence-corrected chi connectivity index (χ2v) is 2.71. The summed E-state index contributed by atoms with van der Waals surface area (Å²) in [6.45, 7) is 1.55. The molecule has 0 aromatic rings. The van der Waals surface area contributed by atoms with E-state index in [1.807, 2.05) is 0 Å². The van der Waals surface area contributed by atoms with Crippen LogP contribution in [0.3, 0.4) is 0 Å². The van der Waals surface area contributed by atoms with E-state index in [2.05, 4.69) is 0 Å². The molecule has 0 bridgehead atoms. The zero-order chi connectivity index (χ0) is 7.56. The summed E-state index contributed by atoms with van der Waals surface area (Å²) < 4.78 is 0. The average molecular weight is 140 g/mol. The summed E-state index contributed by atoms with van der Waals surface area (Å²) in [6.07, 6.45) is 3.87. The first-order valence-electron chi connectivity index (χ1n) is 3.60. The maximum Gasteiger partial charge on any atom is 0.155 e. The van der Waals surface area contributed by atoms with Crippen molar-refractivity contribution in [3.8, 4) is 0 Å². The van der Waals surface area contributed by atoms with Crippen LogP contribution >= 0.6 is 0 Å². The lowest BCUT2D eigenvalue weighted by atomic mass is 9.95. The van der Waals surface area contributed by atoms with Crippen LogP contribution in [-0.2, 0) is 4.79 Å². The molecule has 0 aliphatic heterocycles. The first-order valence-corrected chi connectivity index (χ1v) is 3.60. The number of Topliss-reactive ketones (excluding diaryl/α,β-unsaturated/α-hetero) is 1. The Kier molecular flexibility index (Phi) is 2.22. The van der Waals surface area contributed by atoms with Crippen LogP contribution in [-0.4, -0.2) is 17.0 Å². The zero-order valence-electron chi connectivity index (χ0n) is 6.13. The molecule has 0 radical (unpaired) electrons. The van der Waals surface area contributed by atoms with Gasteiger partial charge in [-0.05, 0) is 37.8 Å². The molecule has 1 N–H and O–H groups in total. The fourth-order valence-corrected chi connectivity index (χ4v) is 1.19. The van der Waals surface area contributed by atoms with Crippen LogP contribution in [0.25, 0.3) is 0 Å². The lowest BCUT2D eigenvalue weighted by Crippen LogP contribution is -2.12. The standard InChI is InChI=1S/C8H12O2/c1-6(9)7-3-2-4-8(10)5-7/h5,8,10H,2-4H2,1H3/t8-/m0/s1. The summed E-state index contributed by atoms with van der Waals surface area (Å²) in [6, 6.07) is 0. The molecule has 1 aliphatic carbocycles. The lowest BCUT2D eigenvalue weighted by molar-refractivity contribution is -0.113. The van der Waals surface area contributed by atoms with Gasteiger partial charge in [0.1, 0.15) is 0 Å². The van der Waals surface area contributed by atoms with Gasteiger partial charge in [0, 0.05) is 0 Å². The van der Waals surface area contributed by atoms with E-state index in [9.17, 15) is 4.79 Å². The van der Waals surface area contributed by atoms with Crippen molar-refractivity contribution >= 4 is 5.78 Å². The van der Waals surface area contributed by atoms with Gasteiger partial charge in [0.25, 0.3) is 0 Å². The van der Waals surface area contributed by atoms with Crippen LogP contribution < -0.4 is 0 Å². The van der Waals surface area contributed by atoms with Gasteiger partial charge in [-0.1, -0.05) is 0 Å². The molecule has 56 valence electrons. The predicted molar refractivity (Wildman–Crippen MR) is 38.6 cm³/mol. The van der Waals surface area contributed by atoms with Gasteiger partial charge in [-0.15, -0.1) is 0 Å². The molecule has 1 atom stereocenters. The lowest BCUT2D eigenvalue weighted by Gasteiger charge is -2.14. The first-order chi connectivity index (χ1) is 4.70. The molecule has 0 saturated carbocycles. The molecule has 0 spiro atoms. The molecule has 1 rings (SSSR count). The number of hydrogen-bond donors (Lipinski definition) is 1. The van der Waals surface area contributed by atoms with E-state index in [1.54, 1.807) is 13.0 Å². The van der Waals surface area contributed by atoms with Crippen molar-refractivity contribution in [1.82, 2.24) is 0 Å². The minimum absolute atomic E-state index is 0.0961. The highest BCUT2D eigenvalue weighted by molar-refractivity contribution is 5.93. The number of hydrogen-bond acceptors (Lipinski definition) is 2. The second kappa shape index (κ2) is 2.97. The molecule has 0 aromatic heterocycles. The number of carbonyl (C=O) groups is 1. The van der Waals surface area contributed by atoms with E-state index in [1.165, 1.54) is 0 Å². The maximum absolute atomic E-state index is 10.8. The first kappa shape index (κ1) is 7.48. The number of aliphatic hydroxyl groups excluding tert-OH is 1. The summed E-state index contributed by atoms with van der Waals surface area (Å²) in [5, 5.41) is 9.10. The van der Waals surface area contributed by atoms with E-state index in [0.29, 0.717) is 0 Å². The van der Waals surface area contributed by atoms with Gasteiger partial charge >= 0.3 is 0 Å². The molecule has 0 heterocycles. The number of allylic oxidation sites excluding steroid dienone is 1. The second-order valence-electron chi connectivity index (χ2n) is 2.71. The topological polar surface area (TPSA) is 37.3 Å². The molecule has 2 nitrogen and oxygen atoms in total. The van der Waals surface area contributed by atoms with E-state index in [0.717, 1.165) is 24.8 Å². The van der Waals surface area contributed by atoms with E-state index < -0.39 is 0 Å². The van der Waals surface area contributed by atoms with Crippen molar-refractivity contribution in [2.45, 2.75) is 32.3 Å². The molecule has 0 fully saturated rings. The van der Waals surface area contributed by atoms with Crippen molar-refractivity contribution < 1.29 is 9.90 Å². The number of carbonyl (C=O) groups excluding carboxylic acids is 1. The SMILES string of the molecule is CC(=O)C1=C[C@@H](O)CCC1. The normalized spacial score (nSPS) is 25.8. The number of aliphatic hydroxyl groups is 1. The Bertz CT molecular complexity index is 170. The summed E-state index contributed by atoms with van der Waals surface area (Å²) in [5.41, 5.74) is 0.791. The molecule has 0 aromatic carbocycles. The van der Waals surface area contributed by atoms with Gasteiger partial charge in [0.05, 0.1) is 6.10 Å². The Morgan fingerprint density at radius 2 is 2.50 bits per heavy atom. The summed E-state index contributed by atoms with van der Waals surface area (Å²) >= 11 is 0. The maximum atomic E-state index is 10.8. The number of rotatable bonds is 1. The highest BCUT2D eigenvalue weighted by atomic mass is 16.3. The van der Waals surface area contributed by atoms with Crippen molar-refractivity contribution in [2.24, 2.45) is 0 Å². The van der Waals surface area contributed by atoms with E-state index in [-0.39, 0.29) is 11.9 Å². The predicted octanol–water partition coefficient (Wildman–Crippen LogP) is 1.05. The van der Waals surface area contributed by atoms with Crippen molar-refractivity contribution in [3.05, 3.63) is 11.6 Å². The fraction of sp³-hybridized carbons (Fsp3) is 0.625. The molecular weight excluding hydrogens is 128 g/mol. The summed E-state index contributed by atoms with van der Waals surface area (Å²) in [4.78, 5) is 10.8. The Morgan fingerprint density at radius 3 is 2.90 bits per heavy atom. The minimum Gasteiger partial charge on any atom is -0.389 e. The smallest absolute Gasteiger partial charge is 0.155 e. The van der Waals surface area contributed by atoms with Crippen molar-refractivity contribution in [2.75, 3.05) is 0 Å². The van der Waals surface area contributed by atoms with Crippen LogP contribution in [0.2, 0.25) is 0 Å². The van der Waals surface area contributed by atoms with Gasteiger partial charge in [-0.25, -0.2) is 0 Å². The Balaban J connectivity index is 2.66. The Morgan fingerprint density at radius 1 is 1.80 bits per heavy atom. The molecule has 1 aliphatic rings. The zero-order valence-corrected chi connectivity index (χ0v) is 6.13. The molecule has 0 unspecified atom stereocenters. The third-order valence-corrected chi connectivity index (χ3v) is 1.79. The highest BCUT2D eigenvalue weighted by Crippen LogP contribution is 2.17. The van der Waals surface area contributed by atoms with Crippen LogP contribution in [0.1, 0.15) is 26.2 Å². The molecule has 0 saturated heterocycles. The van der Waals surface area contributed by atoms with E-state index in [4.69, 9.17) is 5.11 Å². The average Bonchev–Trinajstić information content (AvgIpc) is 1.88. The highest BCUT2D eigenvalue weighted by Gasteiger charge is 2.12. The van der Waals surface area contributed by atoms with Crippen LogP contribution in [0.15, 0.2) is 11.6 Å². The fourth-order valence-electron chi connectivity index (χ4n) is 1.19. The van der Waals surface area contributed by atoms with Crippen molar-refractivity contribution in [1.29, 1.82) is 0 Å². The monoisotopic (exact) mass is 140 g/mol. The third kappa shape index (κ3) is 1.67. The largest absolute Gasteiger partial charge is 0.389 e. The van der Waals surface area contributed by atoms with Gasteiger partial charge < -0.3 is 5.11 Å². The third-order valence-electron chi connectivity index (χ3n) is 1.79. The minimum atomic E-state index is -0.382. The Hall–Kier alpha value is -0.630. The molecular formula is C8H12O2. The van der Waals surface area contributed by atoms with Gasteiger partial charge in [0.2, 0.25) is 0 Å². The quantitative estimate of drug-likeness (QED) is 0.591. The molecule has 2 heteroatoms. The Labute approximate surface area is 60.6 Å². The van der Waals surface area contributed by atoms with Crippen LogP contribution in [0, 0.1) is 0 Å². The van der Waals surface area contributed by atoms with E-state index >= 15 is 0 Å². The van der Waals surface area contributed by atoms with Gasteiger partial charge in [0.15, 0.2) is 5.78 Å². The molecule has 10 heavy (non-hydrogen) atoms. The van der Waals surface area contributed by atoms with Crippen molar-refractivity contribution in [3.63, 3.8) is 0 Å². The van der Waals surface area contributed by atoms with Gasteiger partial charge in [-0.2, -0.15) is 0 Å². The summed E-state index contributed by atoms with van der Waals surface area (Å²) in [7, 11) is 0. The molecule has 0 amide bonds. The number of ketones is 1.